The number of nitrogens with zero attached hydrogens (tertiary/aromatic N) is 3. The molecule has 9 aromatic carbocycles. The van der Waals surface area contributed by atoms with E-state index in [2.05, 4.69) is 185 Å². The van der Waals surface area contributed by atoms with Crippen molar-refractivity contribution in [2.75, 3.05) is 0 Å². The second-order valence-corrected chi connectivity index (χ2v) is 13.8. The fourth-order valence-corrected chi connectivity index (χ4v) is 8.30. The Morgan fingerprint density at radius 2 is 0.792 bits per heavy atom. The van der Waals surface area contributed by atoms with E-state index < -0.39 is 0 Å². The largest absolute Gasteiger partial charge is 0.309 e. The maximum Gasteiger partial charge on any atom is 0.0971 e. The number of rotatable bonds is 4. The lowest BCUT2D eigenvalue weighted by atomic mass is 9.93. The Labute approximate surface area is 306 Å². The lowest BCUT2D eigenvalue weighted by molar-refractivity contribution is 1.19. The molecule has 0 saturated carbocycles. The van der Waals surface area contributed by atoms with Crippen LogP contribution in [0.2, 0.25) is 0 Å². The molecule has 0 atom stereocenters. The Bertz CT molecular complexity index is 3140. The average molecular weight is 674 g/mol. The van der Waals surface area contributed by atoms with Crippen molar-refractivity contribution in [3.63, 3.8) is 0 Å². The molecule has 246 valence electrons. The van der Waals surface area contributed by atoms with Crippen molar-refractivity contribution in [3.05, 3.63) is 188 Å². The first-order chi connectivity index (χ1) is 26.3. The minimum Gasteiger partial charge on any atom is -0.309 e. The van der Waals surface area contributed by atoms with Crippen LogP contribution in [0.3, 0.4) is 0 Å². The molecule has 0 aliphatic carbocycles. The maximum atomic E-state index is 4.73. The van der Waals surface area contributed by atoms with Crippen LogP contribution >= 0.6 is 0 Å². The zero-order chi connectivity index (χ0) is 34.9. The van der Waals surface area contributed by atoms with Gasteiger partial charge < -0.3 is 4.57 Å². The van der Waals surface area contributed by atoms with Gasteiger partial charge in [-0.05, 0) is 97.4 Å². The fourth-order valence-electron chi connectivity index (χ4n) is 8.30. The minimum atomic E-state index is 0.942. The van der Waals surface area contributed by atoms with Crippen LogP contribution in [0, 0.1) is 0 Å². The van der Waals surface area contributed by atoms with Gasteiger partial charge in [-0.15, -0.1) is 0 Å². The topological polar surface area (TPSA) is 30.7 Å². The second kappa shape index (κ2) is 11.7. The van der Waals surface area contributed by atoms with E-state index in [-0.39, 0.29) is 0 Å². The van der Waals surface area contributed by atoms with E-state index in [0.29, 0.717) is 0 Å². The molecule has 0 aliphatic rings. The van der Waals surface area contributed by atoms with Crippen LogP contribution in [0.1, 0.15) is 0 Å². The lowest BCUT2D eigenvalue weighted by Gasteiger charge is -2.12. The first kappa shape index (κ1) is 29.6. The average Bonchev–Trinajstić information content (AvgIpc) is 3.58. The molecule has 0 aliphatic heterocycles. The van der Waals surface area contributed by atoms with Crippen molar-refractivity contribution in [2.45, 2.75) is 0 Å². The molecular weight excluding hydrogens is 643 g/mol. The van der Waals surface area contributed by atoms with Gasteiger partial charge in [-0.25, -0.2) is 0 Å². The van der Waals surface area contributed by atoms with E-state index in [4.69, 9.17) is 4.98 Å². The molecule has 0 amide bonds. The molecule has 0 N–H and O–H groups in total. The van der Waals surface area contributed by atoms with Crippen LogP contribution in [-0.2, 0) is 0 Å². The molecule has 2 heterocycles. The Balaban J connectivity index is 0.916. The van der Waals surface area contributed by atoms with Gasteiger partial charge in [0.25, 0.3) is 0 Å². The van der Waals surface area contributed by atoms with E-state index >= 15 is 0 Å². The summed E-state index contributed by atoms with van der Waals surface area (Å²) in [6.07, 6.45) is 3.56. The van der Waals surface area contributed by atoms with Crippen LogP contribution in [0.5, 0.6) is 0 Å². The van der Waals surface area contributed by atoms with E-state index in [1.54, 1.807) is 12.4 Å². The number of benzene rings is 9. The number of hydrogen-bond acceptors (Lipinski definition) is 2. The summed E-state index contributed by atoms with van der Waals surface area (Å²) in [5, 5.41) is 9.66. The number of hydrogen-bond donors (Lipinski definition) is 0. The summed E-state index contributed by atoms with van der Waals surface area (Å²) in [7, 11) is 0. The van der Waals surface area contributed by atoms with Gasteiger partial charge in [-0.2, -0.15) is 0 Å². The normalized spacial score (nSPS) is 11.8. The highest BCUT2D eigenvalue weighted by Gasteiger charge is 2.14. The minimum absolute atomic E-state index is 0.942. The Hall–Kier alpha value is -7.10. The summed E-state index contributed by atoms with van der Waals surface area (Å²) < 4.78 is 2.38. The number of aromatic nitrogens is 3. The van der Waals surface area contributed by atoms with Crippen molar-refractivity contribution in [2.24, 2.45) is 0 Å². The Kier molecular flexibility index (Phi) is 6.55. The Morgan fingerprint density at radius 1 is 0.302 bits per heavy atom. The van der Waals surface area contributed by atoms with Gasteiger partial charge in [-0.1, -0.05) is 133 Å². The second-order valence-electron chi connectivity index (χ2n) is 13.8. The van der Waals surface area contributed by atoms with Crippen molar-refractivity contribution in [1.82, 2.24) is 14.5 Å². The van der Waals surface area contributed by atoms with Crippen molar-refractivity contribution in [3.8, 4) is 39.1 Å². The van der Waals surface area contributed by atoms with Crippen LogP contribution in [0.15, 0.2) is 188 Å². The van der Waals surface area contributed by atoms with Crippen LogP contribution in [-0.4, -0.2) is 14.5 Å². The van der Waals surface area contributed by atoms with E-state index in [1.165, 1.54) is 82.4 Å². The maximum absolute atomic E-state index is 4.73. The first-order valence-electron chi connectivity index (χ1n) is 18.1. The first-order valence-corrected chi connectivity index (χ1v) is 18.1. The van der Waals surface area contributed by atoms with Crippen molar-refractivity contribution < 1.29 is 0 Å². The third-order valence-corrected chi connectivity index (χ3v) is 10.9. The molecule has 3 nitrogen and oxygen atoms in total. The van der Waals surface area contributed by atoms with Crippen molar-refractivity contribution >= 4 is 65.2 Å². The molecule has 0 unspecified atom stereocenters. The molecule has 53 heavy (non-hydrogen) atoms. The molecule has 3 heteroatoms. The molecule has 0 bridgehead atoms. The van der Waals surface area contributed by atoms with Crippen LogP contribution < -0.4 is 0 Å². The van der Waals surface area contributed by atoms with Gasteiger partial charge >= 0.3 is 0 Å². The highest BCUT2D eigenvalue weighted by Crippen LogP contribution is 2.37. The van der Waals surface area contributed by atoms with Crippen LogP contribution in [0.25, 0.3) is 104 Å². The van der Waals surface area contributed by atoms with Gasteiger partial charge in [0.15, 0.2) is 0 Å². The molecule has 11 rings (SSSR count). The fraction of sp³-hybridized carbons (Fsp3) is 0. The Morgan fingerprint density at radius 3 is 1.49 bits per heavy atom. The van der Waals surface area contributed by atoms with Crippen molar-refractivity contribution in [1.29, 1.82) is 0 Å². The van der Waals surface area contributed by atoms with Gasteiger partial charge in [-0.3, -0.25) is 9.97 Å². The SMILES string of the molecule is c1cc(-c2ccc(-c3ccc4cc(-n5c6ccccc6c6ccccc65)ccc4c3)cc2)cc(-c2ccc3c(c2)c2ccccc2c2nccnc32)c1. The quantitative estimate of drug-likeness (QED) is 0.174. The van der Waals surface area contributed by atoms with E-state index in [9.17, 15) is 0 Å². The summed E-state index contributed by atoms with van der Waals surface area (Å²) in [5.74, 6) is 0. The lowest BCUT2D eigenvalue weighted by Crippen LogP contribution is -1.93. The van der Waals surface area contributed by atoms with Gasteiger partial charge in [0.1, 0.15) is 0 Å². The highest BCUT2D eigenvalue weighted by molar-refractivity contribution is 6.23. The predicted molar refractivity (Wildman–Crippen MR) is 223 cm³/mol. The molecular formula is C50H31N3. The van der Waals surface area contributed by atoms with Gasteiger partial charge in [0.2, 0.25) is 0 Å². The number of para-hydroxylation sites is 2. The predicted octanol–water partition coefficient (Wildman–Crippen LogP) is 13.2. The summed E-state index contributed by atoms with van der Waals surface area (Å²) in [6, 6.07) is 64.0. The summed E-state index contributed by atoms with van der Waals surface area (Å²) in [5.41, 5.74) is 12.7. The molecule has 2 aromatic heterocycles. The number of fused-ring (bicyclic) bond motifs is 10. The molecule has 0 saturated heterocycles. The third-order valence-electron chi connectivity index (χ3n) is 10.9. The highest BCUT2D eigenvalue weighted by atomic mass is 15.0. The van der Waals surface area contributed by atoms with E-state index in [1.807, 2.05) is 0 Å². The standard InChI is InChI=1S/C50H31N3/c1-2-13-44-41(10-1)46-31-39(23-25-45(46)50-49(44)51-26-27-52-50)35-9-7-8-34(28-35)32-16-18-33(19-17-32)36-20-21-38-30-40(24-22-37(38)29-36)53-47-14-5-3-11-42(47)43-12-4-6-15-48(43)53/h1-31H. The van der Waals surface area contributed by atoms with E-state index in [0.717, 1.165) is 21.8 Å². The third kappa shape index (κ3) is 4.75. The monoisotopic (exact) mass is 673 g/mol. The molecule has 0 fully saturated rings. The van der Waals surface area contributed by atoms with Gasteiger partial charge in [0.05, 0.1) is 22.1 Å². The summed E-state index contributed by atoms with van der Waals surface area (Å²) in [6.45, 7) is 0. The molecule has 11 aromatic rings. The van der Waals surface area contributed by atoms with Crippen LogP contribution in [0.4, 0.5) is 0 Å². The zero-order valence-corrected chi connectivity index (χ0v) is 28.7. The molecule has 0 spiro atoms. The smallest absolute Gasteiger partial charge is 0.0971 e. The van der Waals surface area contributed by atoms with Gasteiger partial charge in [0, 0.05) is 39.6 Å². The summed E-state index contributed by atoms with van der Waals surface area (Å²) >= 11 is 0. The molecule has 0 radical (unpaired) electrons. The summed E-state index contributed by atoms with van der Waals surface area (Å²) in [4.78, 5) is 9.42. The zero-order valence-electron chi connectivity index (χ0n) is 28.7.